The van der Waals surface area contributed by atoms with Crippen molar-refractivity contribution in [3.63, 3.8) is 0 Å². The summed E-state index contributed by atoms with van der Waals surface area (Å²) in [5, 5.41) is 9.67. The second-order valence-electron chi connectivity index (χ2n) is 4.11. The van der Waals surface area contributed by atoms with Crippen molar-refractivity contribution in [2.75, 3.05) is 17.2 Å². The number of aromatic nitrogens is 1. The maximum atomic E-state index is 13.6. The number of hydrogen-bond donors (Lipinski definition) is 2. The van der Waals surface area contributed by atoms with E-state index in [2.05, 4.69) is 15.6 Å². The second kappa shape index (κ2) is 5.97. The highest BCUT2D eigenvalue weighted by Gasteiger charge is 2.11. The number of anilines is 2. The Morgan fingerprint density at radius 2 is 1.84 bits per heavy atom. The van der Waals surface area contributed by atoms with E-state index >= 15 is 0 Å². The summed E-state index contributed by atoms with van der Waals surface area (Å²) in [6.07, 6.45) is 0. The van der Waals surface area contributed by atoms with Gasteiger partial charge in [0.05, 0.1) is 0 Å². The molecular formula is C13H15F2N3S. The van der Waals surface area contributed by atoms with Gasteiger partial charge in [-0.2, -0.15) is 11.3 Å². The fourth-order valence-corrected chi connectivity index (χ4v) is 2.49. The molecule has 0 spiro atoms. The minimum Gasteiger partial charge on any atom is -0.368 e. The lowest BCUT2D eigenvalue weighted by Crippen LogP contribution is -2.08. The first-order valence-corrected chi connectivity index (χ1v) is 6.91. The number of nitrogens with one attached hydrogen (secondary N) is 2. The molecule has 3 nitrogen and oxygen atoms in total. The molecule has 0 aromatic carbocycles. The first-order chi connectivity index (χ1) is 9.11. The third-order valence-corrected chi connectivity index (χ3v) is 3.59. The van der Waals surface area contributed by atoms with E-state index in [0.717, 1.165) is 17.2 Å². The molecule has 0 aliphatic heterocycles. The van der Waals surface area contributed by atoms with E-state index in [1.807, 2.05) is 24.6 Å². The zero-order valence-corrected chi connectivity index (χ0v) is 11.6. The van der Waals surface area contributed by atoms with Crippen molar-refractivity contribution in [3.8, 4) is 0 Å². The Kier molecular flexibility index (Phi) is 4.31. The molecule has 2 heterocycles. The molecule has 2 rings (SSSR count). The van der Waals surface area contributed by atoms with Crippen LogP contribution in [0.15, 0.2) is 16.8 Å². The summed E-state index contributed by atoms with van der Waals surface area (Å²) in [7, 11) is 0. The molecule has 0 amide bonds. The van der Waals surface area contributed by atoms with Crippen LogP contribution in [0.1, 0.15) is 18.1 Å². The number of halogens is 2. The van der Waals surface area contributed by atoms with Crippen molar-refractivity contribution < 1.29 is 8.78 Å². The topological polar surface area (TPSA) is 37.0 Å². The molecule has 0 fully saturated rings. The lowest BCUT2D eigenvalue weighted by Gasteiger charge is -2.10. The number of hydrogen-bond acceptors (Lipinski definition) is 4. The summed E-state index contributed by atoms with van der Waals surface area (Å²) < 4.78 is 27.0. The van der Waals surface area contributed by atoms with Crippen LogP contribution in [0.2, 0.25) is 0 Å². The third kappa shape index (κ3) is 3.20. The molecule has 102 valence electrons. The Balaban J connectivity index is 2.15. The fraction of sp³-hybridized carbons (Fsp3) is 0.308. The van der Waals surface area contributed by atoms with Crippen LogP contribution in [0.25, 0.3) is 0 Å². The van der Waals surface area contributed by atoms with E-state index in [1.165, 1.54) is 0 Å². The molecule has 0 radical (unpaired) electrons. The number of thiophene rings is 1. The van der Waals surface area contributed by atoms with Gasteiger partial charge in [-0.1, -0.05) is 0 Å². The van der Waals surface area contributed by atoms with Gasteiger partial charge in [0, 0.05) is 19.2 Å². The highest BCUT2D eigenvalue weighted by atomic mass is 32.1. The molecule has 0 bridgehead atoms. The minimum atomic E-state index is -0.688. The highest BCUT2D eigenvalue weighted by molar-refractivity contribution is 7.08. The summed E-state index contributed by atoms with van der Waals surface area (Å²) >= 11 is 1.59. The second-order valence-corrected chi connectivity index (χ2v) is 4.86. The zero-order valence-electron chi connectivity index (χ0n) is 10.8. The van der Waals surface area contributed by atoms with E-state index in [1.54, 1.807) is 11.3 Å². The van der Waals surface area contributed by atoms with Gasteiger partial charge in [-0.05, 0) is 35.7 Å². The van der Waals surface area contributed by atoms with Gasteiger partial charge >= 0.3 is 0 Å². The zero-order chi connectivity index (χ0) is 13.8. The maximum absolute atomic E-state index is 13.6. The average molecular weight is 283 g/mol. The number of pyridine rings is 1. The van der Waals surface area contributed by atoms with E-state index in [-0.39, 0.29) is 11.6 Å². The Morgan fingerprint density at radius 1 is 1.16 bits per heavy atom. The fourth-order valence-electron chi connectivity index (χ4n) is 1.63. The van der Waals surface area contributed by atoms with Gasteiger partial charge in [-0.25, -0.2) is 13.8 Å². The maximum Gasteiger partial charge on any atom is 0.168 e. The van der Waals surface area contributed by atoms with E-state index in [9.17, 15) is 8.78 Å². The SMILES string of the molecule is CCNc1nc(NCc2cscc2C)c(F)cc1F. The molecule has 2 aromatic heterocycles. The summed E-state index contributed by atoms with van der Waals surface area (Å²) in [5.41, 5.74) is 2.23. The molecule has 0 unspecified atom stereocenters. The lowest BCUT2D eigenvalue weighted by molar-refractivity contribution is 0.578. The van der Waals surface area contributed by atoms with Gasteiger partial charge in [-0.3, -0.25) is 0 Å². The van der Waals surface area contributed by atoms with Crippen molar-refractivity contribution in [2.45, 2.75) is 20.4 Å². The van der Waals surface area contributed by atoms with E-state index in [0.29, 0.717) is 13.1 Å². The smallest absolute Gasteiger partial charge is 0.168 e. The molecule has 19 heavy (non-hydrogen) atoms. The van der Waals surface area contributed by atoms with E-state index < -0.39 is 11.6 Å². The molecule has 2 aromatic rings. The summed E-state index contributed by atoms with van der Waals surface area (Å²) in [6, 6.07) is 0.841. The summed E-state index contributed by atoms with van der Waals surface area (Å²) in [6.45, 7) is 4.81. The van der Waals surface area contributed by atoms with Gasteiger partial charge in [-0.15, -0.1) is 0 Å². The van der Waals surface area contributed by atoms with Crippen LogP contribution in [0.3, 0.4) is 0 Å². The predicted octanol–water partition coefficient (Wildman–Crippen LogP) is 3.77. The highest BCUT2D eigenvalue weighted by Crippen LogP contribution is 2.21. The van der Waals surface area contributed by atoms with Gasteiger partial charge in [0.25, 0.3) is 0 Å². The van der Waals surface area contributed by atoms with Crippen LogP contribution < -0.4 is 10.6 Å². The lowest BCUT2D eigenvalue weighted by atomic mass is 10.2. The first-order valence-electron chi connectivity index (χ1n) is 5.97. The Morgan fingerprint density at radius 3 is 2.42 bits per heavy atom. The van der Waals surface area contributed by atoms with Crippen molar-refractivity contribution >= 4 is 23.0 Å². The van der Waals surface area contributed by atoms with Gasteiger partial charge in [0.15, 0.2) is 23.3 Å². The molecule has 0 saturated heterocycles. The Bertz CT molecular complexity index is 569. The molecule has 0 atom stereocenters. The van der Waals surface area contributed by atoms with Crippen molar-refractivity contribution in [2.24, 2.45) is 0 Å². The molecule has 2 N–H and O–H groups in total. The number of aryl methyl sites for hydroxylation is 1. The Labute approximate surface area is 114 Å². The largest absolute Gasteiger partial charge is 0.368 e. The number of rotatable bonds is 5. The van der Waals surface area contributed by atoms with Crippen LogP contribution in [-0.4, -0.2) is 11.5 Å². The van der Waals surface area contributed by atoms with Crippen molar-refractivity contribution in [1.29, 1.82) is 0 Å². The monoisotopic (exact) mass is 283 g/mol. The minimum absolute atomic E-state index is 0.0583. The quantitative estimate of drug-likeness (QED) is 0.877. The number of nitrogens with zero attached hydrogens (tertiary/aromatic N) is 1. The standard InChI is InChI=1S/C13H15F2N3S/c1-3-16-12-10(14)4-11(15)13(18-12)17-5-9-7-19-6-8(9)2/h4,6-7H,3,5H2,1-2H3,(H2,16,17,18). The summed E-state index contributed by atoms with van der Waals surface area (Å²) in [5.74, 6) is -1.25. The normalized spacial score (nSPS) is 10.5. The molecule has 0 saturated carbocycles. The predicted molar refractivity (Wildman–Crippen MR) is 74.7 cm³/mol. The van der Waals surface area contributed by atoms with E-state index in [4.69, 9.17) is 0 Å². The van der Waals surface area contributed by atoms with Crippen LogP contribution in [-0.2, 0) is 6.54 Å². The Hall–Kier alpha value is -1.69. The van der Waals surface area contributed by atoms with Crippen molar-refractivity contribution in [3.05, 3.63) is 39.6 Å². The molecular weight excluding hydrogens is 268 g/mol. The first kappa shape index (κ1) is 13.7. The summed E-state index contributed by atoms with van der Waals surface area (Å²) in [4.78, 5) is 3.92. The van der Waals surface area contributed by atoms with Crippen LogP contribution in [0.4, 0.5) is 20.4 Å². The van der Waals surface area contributed by atoms with Gasteiger partial charge in [0.2, 0.25) is 0 Å². The molecule has 6 heteroatoms. The van der Waals surface area contributed by atoms with Crippen molar-refractivity contribution in [1.82, 2.24) is 4.98 Å². The van der Waals surface area contributed by atoms with Gasteiger partial charge in [0.1, 0.15) is 0 Å². The third-order valence-electron chi connectivity index (χ3n) is 2.68. The molecule has 0 aliphatic carbocycles. The van der Waals surface area contributed by atoms with Gasteiger partial charge < -0.3 is 10.6 Å². The molecule has 0 aliphatic rings. The average Bonchev–Trinajstić information content (AvgIpc) is 2.77. The van der Waals surface area contributed by atoms with Crippen LogP contribution >= 0.6 is 11.3 Å². The van der Waals surface area contributed by atoms with Crippen LogP contribution in [0, 0.1) is 18.6 Å². The van der Waals surface area contributed by atoms with Crippen LogP contribution in [0.5, 0.6) is 0 Å².